The van der Waals surface area contributed by atoms with Gasteiger partial charge in [0.2, 0.25) is 5.96 Å². The molecule has 0 amide bonds. The van der Waals surface area contributed by atoms with Crippen molar-refractivity contribution >= 4 is 39.2 Å². The molecule has 1 aliphatic rings. The minimum atomic E-state index is -0.944. The third-order valence-corrected chi connectivity index (χ3v) is 5.15. The van der Waals surface area contributed by atoms with Gasteiger partial charge in [-0.05, 0) is 39.0 Å². The van der Waals surface area contributed by atoms with Crippen LogP contribution < -0.4 is 22.1 Å². The molecule has 0 saturated carbocycles. The van der Waals surface area contributed by atoms with Crippen molar-refractivity contribution in [3.63, 3.8) is 0 Å². The number of nitrogens with one attached hydrogen (secondary N) is 2. The molecule has 29 heavy (non-hydrogen) atoms. The van der Waals surface area contributed by atoms with Crippen molar-refractivity contribution in [3.8, 4) is 12.3 Å². The Morgan fingerprint density at radius 2 is 1.97 bits per heavy atom. The minimum absolute atomic E-state index is 0.00566. The number of nitrogens with two attached hydrogens (primary N) is 2. The average molecular weight is 457 g/mol. The zero-order valence-electron chi connectivity index (χ0n) is 15.9. The molecule has 1 aromatic heterocycles. The van der Waals surface area contributed by atoms with E-state index in [9.17, 15) is 5.26 Å². The first kappa shape index (κ1) is 20.4. The molecule has 1 unspecified atom stereocenters. The molecule has 0 aliphatic carbocycles. The topological polar surface area (TPSA) is 149 Å². The number of hydrogen-bond acceptors (Lipinski definition) is 8. The van der Waals surface area contributed by atoms with Gasteiger partial charge in [-0.3, -0.25) is 5.32 Å². The number of pyridine rings is 1. The second kappa shape index (κ2) is 7.22. The zero-order chi connectivity index (χ0) is 21.5. The summed E-state index contributed by atoms with van der Waals surface area (Å²) in [4.78, 5) is 8.59. The summed E-state index contributed by atoms with van der Waals surface area (Å²) >= 11 is 3.27. The lowest BCUT2D eigenvalue weighted by Gasteiger charge is -2.28. The van der Waals surface area contributed by atoms with Crippen LogP contribution in [0.4, 0.5) is 21.7 Å². The third kappa shape index (κ3) is 3.55. The van der Waals surface area contributed by atoms with Crippen molar-refractivity contribution in [2.45, 2.75) is 32.2 Å². The Morgan fingerprint density at radius 1 is 1.28 bits per heavy atom. The number of nitrogen functional groups attached to an aromatic ring is 2. The highest BCUT2D eigenvalue weighted by Crippen LogP contribution is 2.43. The van der Waals surface area contributed by atoms with Gasteiger partial charge in [0.05, 0.1) is 10.2 Å². The van der Waals surface area contributed by atoms with Gasteiger partial charge in [-0.1, -0.05) is 20.8 Å². The number of hydrogen-bond donors (Lipinski definition) is 4. The summed E-state index contributed by atoms with van der Waals surface area (Å²) < 4.78 is 15.5. The molecule has 3 rings (SSSR count). The molecule has 0 radical (unpaired) electrons. The van der Waals surface area contributed by atoms with Crippen LogP contribution in [-0.4, -0.2) is 10.9 Å². The summed E-state index contributed by atoms with van der Waals surface area (Å²) in [7, 11) is 0. The normalized spacial score (nSPS) is 15.4. The van der Waals surface area contributed by atoms with E-state index in [0.717, 1.165) is 5.56 Å². The van der Waals surface area contributed by atoms with Crippen molar-refractivity contribution in [2.75, 3.05) is 16.8 Å². The maximum Gasteiger partial charge on any atom is 0.211 e. The van der Waals surface area contributed by atoms with Gasteiger partial charge in [-0.2, -0.15) is 10.5 Å². The summed E-state index contributed by atoms with van der Waals surface area (Å²) in [5.41, 5.74) is 13.2. The predicted molar refractivity (Wildman–Crippen MR) is 112 cm³/mol. The van der Waals surface area contributed by atoms with Gasteiger partial charge in [0.1, 0.15) is 35.1 Å². The quantitative estimate of drug-likeness (QED) is 0.379. The third-order valence-electron chi connectivity index (χ3n) is 4.57. The van der Waals surface area contributed by atoms with Crippen LogP contribution in [0, 0.1) is 28.6 Å². The monoisotopic (exact) mass is 456 g/mol. The average Bonchev–Trinajstić information content (AvgIpc) is 2.62. The van der Waals surface area contributed by atoms with Crippen LogP contribution in [0.25, 0.3) is 0 Å². The van der Waals surface area contributed by atoms with E-state index in [1.54, 1.807) is 18.3 Å². The Hall–Kier alpha value is -3.37. The van der Waals surface area contributed by atoms with E-state index in [2.05, 4.69) is 36.5 Å². The minimum Gasteiger partial charge on any atom is -0.397 e. The fourth-order valence-corrected chi connectivity index (χ4v) is 3.52. The lowest BCUT2D eigenvalue weighted by Crippen LogP contribution is -2.33. The molecular formula is C19H18BrFN8. The maximum atomic E-state index is 15.2. The van der Waals surface area contributed by atoms with Gasteiger partial charge in [-0.15, -0.1) is 0 Å². The van der Waals surface area contributed by atoms with E-state index in [4.69, 9.17) is 16.7 Å². The Morgan fingerprint density at radius 3 is 2.55 bits per heavy atom. The van der Waals surface area contributed by atoms with E-state index in [0.29, 0.717) is 5.56 Å². The van der Waals surface area contributed by atoms with Gasteiger partial charge < -0.3 is 16.8 Å². The standard InChI is InChI=1S/C19H18BrFN8/c1-19(2,3)8-4-9(13(21)11(20)5-8)15-12-14(24)10(6-22)16(25)28-17(12)29-18(27-15)26-7-23/h4-5,15H,1-3H3,(H6,24,25,26,27,28,29). The molecule has 1 atom stereocenters. The van der Waals surface area contributed by atoms with Crippen LogP contribution in [0.5, 0.6) is 0 Å². The van der Waals surface area contributed by atoms with E-state index in [1.807, 2.05) is 26.8 Å². The van der Waals surface area contributed by atoms with Crippen molar-refractivity contribution in [1.29, 1.82) is 10.5 Å². The zero-order valence-corrected chi connectivity index (χ0v) is 17.5. The number of nitriles is 2. The van der Waals surface area contributed by atoms with Gasteiger partial charge in [-0.25, -0.2) is 14.4 Å². The summed E-state index contributed by atoms with van der Waals surface area (Å²) in [6.45, 7) is 6.01. The molecule has 10 heteroatoms. The highest BCUT2D eigenvalue weighted by molar-refractivity contribution is 9.10. The van der Waals surface area contributed by atoms with Crippen LogP contribution in [-0.2, 0) is 5.41 Å². The second-order valence-electron chi connectivity index (χ2n) is 7.51. The Balaban J connectivity index is 2.34. The first-order valence-corrected chi connectivity index (χ1v) is 9.36. The molecule has 0 spiro atoms. The van der Waals surface area contributed by atoms with Crippen LogP contribution in [0.15, 0.2) is 21.6 Å². The fraction of sp³-hybridized carbons (Fsp3) is 0.263. The molecule has 0 bridgehead atoms. The number of anilines is 3. The molecule has 148 valence electrons. The number of aromatic nitrogens is 1. The van der Waals surface area contributed by atoms with Gasteiger partial charge in [0.15, 0.2) is 6.19 Å². The second-order valence-corrected chi connectivity index (χ2v) is 8.37. The smallest absolute Gasteiger partial charge is 0.211 e. The van der Waals surface area contributed by atoms with E-state index in [1.165, 1.54) is 0 Å². The Bertz CT molecular complexity index is 1120. The number of rotatable bonds is 1. The number of benzene rings is 1. The summed E-state index contributed by atoms with van der Waals surface area (Å²) in [5.74, 6) is -0.324. The molecule has 1 aromatic carbocycles. The van der Waals surface area contributed by atoms with Gasteiger partial charge in [0.25, 0.3) is 0 Å². The van der Waals surface area contributed by atoms with E-state index in [-0.39, 0.29) is 44.3 Å². The lowest BCUT2D eigenvalue weighted by atomic mass is 9.84. The Kier molecular flexibility index (Phi) is 5.07. The van der Waals surface area contributed by atoms with Crippen LogP contribution in [0.1, 0.15) is 49.1 Å². The molecular weight excluding hydrogens is 439 g/mol. The fourth-order valence-electron chi connectivity index (χ4n) is 3.05. The first-order chi connectivity index (χ1) is 13.6. The molecule has 8 nitrogen and oxygen atoms in total. The number of halogens is 2. The summed E-state index contributed by atoms with van der Waals surface area (Å²) in [6.07, 6.45) is 1.76. The number of fused-ring (bicyclic) bond motifs is 1. The number of guanidine groups is 1. The van der Waals surface area contributed by atoms with Gasteiger partial charge in [0, 0.05) is 11.1 Å². The summed E-state index contributed by atoms with van der Waals surface area (Å²) in [6, 6.07) is 4.40. The highest BCUT2D eigenvalue weighted by Gasteiger charge is 2.32. The predicted octanol–water partition coefficient (Wildman–Crippen LogP) is 3.26. The molecule has 2 aromatic rings. The molecule has 1 aliphatic heterocycles. The van der Waals surface area contributed by atoms with Crippen LogP contribution >= 0.6 is 15.9 Å². The SMILES string of the molecule is CC(C)(C)c1cc(Br)c(F)c(C2N=C(NC#N)Nc3nc(N)c(C#N)c(N)c32)c1. The largest absolute Gasteiger partial charge is 0.397 e. The lowest BCUT2D eigenvalue weighted by molar-refractivity contribution is 0.567. The van der Waals surface area contributed by atoms with E-state index < -0.39 is 11.9 Å². The van der Waals surface area contributed by atoms with E-state index >= 15 is 4.39 Å². The van der Waals surface area contributed by atoms with Crippen molar-refractivity contribution in [3.05, 3.63) is 44.7 Å². The van der Waals surface area contributed by atoms with Crippen molar-refractivity contribution in [1.82, 2.24) is 10.3 Å². The summed E-state index contributed by atoms with van der Waals surface area (Å²) in [5, 5.41) is 23.6. The first-order valence-electron chi connectivity index (χ1n) is 8.56. The number of aliphatic imine (C=N–C) groups is 1. The van der Waals surface area contributed by atoms with Crippen molar-refractivity contribution in [2.24, 2.45) is 4.99 Å². The van der Waals surface area contributed by atoms with Crippen LogP contribution in [0.2, 0.25) is 0 Å². The number of nitrogens with zero attached hydrogens (tertiary/aromatic N) is 4. The molecule has 0 fully saturated rings. The maximum absolute atomic E-state index is 15.2. The van der Waals surface area contributed by atoms with Crippen LogP contribution in [0.3, 0.4) is 0 Å². The molecule has 2 heterocycles. The van der Waals surface area contributed by atoms with Gasteiger partial charge >= 0.3 is 0 Å². The highest BCUT2D eigenvalue weighted by atomic mass is 79.9. The molecule has 6 N–H and O–H groups in total. The molecule has 0 saturated heterocycles. The van der Waals surface area contributed by atoms with Crippen molar-refractivity contribution < 1.29 is 4.39 Å². The Labute approximate surface area is 175 Å².